The Bertz CT molecular complexity index is 514. The van der Waals surface area contributed by atoms with Gasteiger partial charge in [-0.2, -0.15) is 0 Å². The maximum atomic E-state index is 5.97. The van der Waals surface area contributed by atoms with Crippen molar-refractivity contribution in [1.82, 2.24) is 9.97 Å². The molecule has 1 aromatic heterocycles. The van der Waals surface area contributed by atoms with Crippen LogP contribution in [0.1, 0.15) is 5.82 Å². The fourth-order valence-corrected chi connectivity index (χ4v) is 1.97. The molecule has 5 heteroatoms. The molecular formula is C9H5BrCl2N2. The van der Waals surface area contributed by atoms with Crippen molar-refractivity contribution in [2.75, 3.05) is 0 Å². The van der Waals surface area contributed by atoms with E-state index in [0.29, 0.717) is 16.0 Å². The zero-order valence-corrected chi connectivity index (χ0v) is 10.3. The predicted octanol–water partition coefficient (Wildman–Crippen LogP) is 4.01. The third kappa shape index (κ3) is 1.72. The highest BCUT2D eigenvalue weighted by Gasteiger charge is 2.06. The average Bonchev–Trinajstić information content (AvgIpc) is 2.08. The molecule has 2 rings (SSSR count). The first-order valence-electron chi connectivity index (χ1n) is 3.87. The van der Waals surface area contributed by atoms with Crippen LogP contribution in [-0.4, -0.2) is 9.97 Å². The van der Waals surface area contributed by atoms with Crippen molar-refractivity contribution < 1.29 is 0 Å². The molecule has 1 aromatic carbocycles. The van der Waals surface area contributed by atoms with Gasteiger partial charge in [0.1, 0.15) is 11.0 Å². The third-order valence-electron chi connectivity index (χ3n) is 1.80. The summed E-state index contributed by atoms with van der Waals surface area (Å²) in [5.74, 6) is 0.640. The van der Waals surface area contributed by atoms with Crippen molar-refractivity contribution in [3.05, 3.63) is 32.6 Å². The van der Waals surface area contributed by atoms with Crippen LogP contribution in [0.15, 0.2) is 16.6 Å². The fourth-order valence-electron chi connectivity index (χ4n) is 1.20. The number of fused-ring (bicyclic) bond motifs is 1. The van der Waals surface area contributed by atoms with Gasteiger partial charge in [0, 0.05) is 9.86 Å². The molecule has 0 aliphatic carbocycles. The van der Waals surface area contributed by atoms with E-state index in [-0.39, 0.29) is 0 Å². The quantitative estimate of drug-likeness (QED) is 0.686. The Morgan fingerprint density at radius 3 is 2.64 bits per heavy atom. The van der Waals surface area contributed by atoms with Crippen molar-refractivity contribution in [1.29, 1.82) is 0 Å². The van der Waals surface area contributed by atoms with Gasteiger partial charge >= 0.3 is 0 Å². The van der Waals surface area contributed by atoms with Crippen LogP contribution in [0.4, 0.5) is 0 Å². The normalized spacial score (nSPS) is 10.9. The Kier molecular flexibility index (Phi) is 2.64. The van der Waals surface area contributed by atoms with Gasteiger partial charge in [-0.1, -0.05) is 23.2 Å². The van der Waals surface area contributed by atoms with Crippen molar-refractivity contribution in [2.24, 2.45) is 0 Å². The smallest absolute Gasteiger partial charge is 0.140 e. The lowest BCUT2D eigenvalue weighted by Gasteiger charge is -2.03. The number of hydrogen-bond acceptors (Lipinski definition) is 2. The second-order valence-corrected chi connectivity index (χ2v) is 4.46. The number of nitrogens with zero attached hydrogens (tertiary/aromatic N) is 2. The summed E-state index contributed by atoms with van der Waals surface area (Å²) in [5.41, 5.74) is 0.760. The molecule has 14 heavy (non-hydrogen) atoms. The van der Waals surface area contributed by atoms with E-state index < -0.39 is 0 Å². The van der Waals surface area contributed by atoms with Gasteiger partial charge in [0.2, 0.25) is 0 Å². The highest BCUT2D eigenvalue weighted by molar-refractivity contribution is 9.10. The van der Waals surface area contributed by atoms with Gasteiger partial charge in [-0.15, -0.1) is 0 Å². The van der Waals surface area contributed by atoms with Crippen LogP contribution in [0.3, 0.4) is 0 Å². The molecule has 0 amide bonds. The summed E-state index contributed by atoms with van der Waals surface area (Å²) in [7, 11) is 0. The molecule has 0 saturated heterocycles. The third-order valence-corrected chi connectivity index (χ3v) is 3.29. The molecule has 0 spiro atoms. The van der Waals surface area contributed by atoms with E-state index in [1.165, 1.54) is 0 Å². The topological polar surface area (TPSA) is 25.8 Å². The van der Waals surface area contributed by atoms with Crippen molar-refractivity contribution >= 4 is 50.0 Å². The van der Waals surface area contributed by atoms with E-state index in [2.05, 4.69) is 25.9 Å². The lowest BCUT2D eigenvalue weighted by atomic mass is 10.2. The molecule has 2 aromatic rings. The second kappa shape index (κ2) is 3.65. The first-order valence-corrected chi connectivity index (χ1v) is 5.42. The fraction of sp³-hybridized carbons (Fsp3) is 0.111. The van der Waals surface area contributed by atoms with E-state index in [4.69, 9.17) is 23.2 Å². The highest BCUT2D eigenvalue weighted by Crippen LogP contribution is 2.30. The van der Waals surface area contributed by atoms with E-state index in [1.54, 1.807) is 13.0 Å². The first kappa shape index (κ1) is 10.1. The molecule has 2 nitrogen and oxygen atoms in total. The lowest BCUT2D eigenvalue weighted by Crippen LogP contribution is -1.90. The molecule has 0 saturated carbocycles. The molecule has 1 heterocycles. The SMILES string of the molecule is Cc1nc(Cl)c2cc(Br)c(Cl)cc2n1. The molecule has 0 fully saturated rings. The van der Waals surface area contributed by atoms with Gasteiger partial charge in [0.15, 0.2) is 0 Å². The molecule has 0 radical (unpaired) electrons. The molecule has 0 unspecified atom stereocenters. The van der Waals surface area contributed by atoms with Crippen LogP contribution in [0.5, 0.6) is 0 Å². The van der Waals surface area contributed by atoms with Gasteiger partial charge in [-0.05, 0) is 35.0 Å². The van der Waals surface area contributed by atoms with Crippen LogP contribution in [-0.2, 0) is 0 Å². The lowest BCUT2D eigenvalue weighted by molar-refractivity contribution is 1.09. The van der Waals surface area contributed by atoms with E-state index in [1.807, 2.05) is 6.07 Å². The molecule has 0 atom stereocenters. The zero-order chi connectivity index (χ0) is 10.3. The molecule has 0 bridgehead atoms. The van der Waals surface area contributed by atoms with E-state index in [9.17, 15) is 0 Å². The molecule has 0 aliphatic heterocycles. The van der Waals surface area contributed by atoms with Crippen molar-refractivity contribution in [3.8, 4) is 0 Å². The number of aromatic nitrogens is 2. The predicted molar refractivity (Wildman–Crippen MR) is 62.0 cm³/mol. The maximum absolute atomic E-state index is 5.97. The van der Waals surface area contributed by atoms with Gasteiger partial charge in [0.05, 0.1) is 10.5 Å². The van der Waals surface area contributed by atoms with E-state index >= 15 is 0 Å². The van der Waals surface area contributed by atoms with Crippen molar-refractivity contribution in [3.63, 3.8) is 0 Å². The minimum absolute atomic E-state index is 0.449. The summed E-state index contributed by atoms with van der Waals surface area (Å²) >= 11 is 15.2. The summed E-state index contributed by atoms with van der Waals surface area (Å²) in [6.45, 7) is 1.79. The molecule has 72 valence electrons. The second-order valence-electron chi connectivity index (χ2n) is 2.85. The summed E-state index contributed by atoms with van der Waals surface area (Å²) in [4.78, 5) is 8.30. The minimum atomic E-state index is 0.449. The number of aryl methyl sites for hydroxylation is 1. The number of benzene rings is 1. The number of rotatable bonds is 0. The Hall–Kier alpha value is -0.380. The summed E-state index contributed by atoms with van der Waals surface area (Å²) in [6, 6.07) is 3.58. The largest absolute Gasteiger partial charge is 0.233 e. The minimum Gasteiger partial charge on any atom is -0.233 e. The Morgan fingerprint density at radius 1 is 1.21 bits per heavy atom. The molecule has 0 N–H and O–H groups in total. The van der Waals surface area contributed by atoms with Crippen molar-refractivity contribution in [2.45, 2.75) is 6.92 Å². The van der Waals surface area contributed by atoms with Crippen LogP contribution in [0.2, 0.25) is 10.2 Å². The van der Waals surface area contributed by atoms with Crippen LogP contribution in [0.25, 0.3) is 10.9 Å². The number of hydrogen-bond donors (Lipinski definition) is 0. The van der Waals surface area contributed by atoms with Crippen LogP contribution < -0.4 is 0 Å². The monoisotopic (exact) mass is 290 g/mol. The van der Waals surface area contributed by atoms with Gasteiger partial charge in [-0.25, -0.2) is 9.97 Å². The van der Waals surface area contributed by atoms with Crippen LogP contribution >= 0.6 is 39.1 Å². The summed E-state index contributed by atoms with van der Waals surface area (Å²) < 4.78 is 0.793. The maximum Gasteiger partial charge on any atom is 0.140 e. The Labute approximate surface area is 99.4 Å². The van der Waals surface area contributed by atoms with Gasteiger partial charge in [-0.3, -0.25) is 0 Å². The highest BCUT2D eigenvalue weighted by atomic mass is 79.9. The van der Waals surface area contributed by atoms with E-state index in [0.717, 1.165) is 15.4 Å². The number of halogens is 3. The van der Waals surface area contributed by atoms with Crippen LogP contribution in [0, 0.1) is 6.92 Å². The molecule has 0 aliphatic rings. The molecular weight excluding hydrogens is 287 g/mol. The summed E-state index contributed by atoms with van der Waals surface area (Å²) in [6.07, 6.45) is 0. The Balaban J connectivity index is 2.89. The standard InChI is InChI=1S/C9H5BrCl2N2/c1-4-13-8-3-7(11)6(10)2-5(8)9(12)14-4/h2-3H,1H3. The van der Waals surface area contributed by atoms with Gasteiger partial charge < -0.3 is 0 Å². The first-order chi connectivity index (χ1) is 6.58. The summed E-state index contributed by atoms with van der Waals surface area (Å²) in [5, 5.41) is 1.87. The zero-order valence-electron chi connectivity index (χ0n) is 7.18. The van der Waals surface area contributed by atoms with Gasteiger partial charge in [0.25, 0.3) is 0 Å². The Morgan fingerprint density at radius 2 is 1.93 bits per heavy atom. The average molecular weight is 292 g/mol.